The van der Waals surface area contributed by atoms with Crippen molar-refractivity contribution in [1.29, 1.82) is 0 Å². The van der Waals surface area contributed by atoms with Crippen LogP contribution in [0.2, 0.25) is 36.3 Å². The van der Waals surface area contributed by atoms with Crippen LogP contribution in [0.15, 0.2) is 30.3 Å². The molecule has 0 spiro atoms. The van der Waals surface area contributed by atoms with Gasteiger partial charge in [0.1, 0.15) is 11.2 Å². The fourth-order valence-electron chi connectivity index (χ4n) is 3.45. The molecule has 0 heterocycles. The number of hydrogen-bond acceptors (Lipinski definition) is 8. The van der Waals surface area contributed by atoms with Crippen molar-refractivity contribution in [3.8, 4) is 0 Å². The van der Waals surface area contributed by atoms with Crippen LogP contribution in [0.1, 0.15) is 101 Å². The fourth-order valence-corrected chi connectivity index (χ4v) is 5.36. The van der Waals surface area contributed by atoms with Gasteiger partial charge < -0.3 is 28.1 Å². The first-order chi connectivity index (χ1) is 22.4. The van der Waals surface area contributed by atoms with Gasteiger partial charge in [0.05, 0.1) is 13.2 Å². The lowest BCUT2D eigenvalue weighted by Crippen LogP contribution is -2.42. The minimum absolute atomic E-state index is 0.00597. The van der Waals surface area contributed by atoms with Crippen molar-refractivity contribution in [3.63, 3.8) is 0 Å². The Bertz CT molecular complexity index is 1220. The molecule has 1 aromatic carbocycles. The van der Waals surface area contributed by atoms with Gasteiger partial charge in [0, 0.05) is 39.5 Å². The third-order valence-corrected chi connectivity index (χ3v) is 17.7. The number of amides is 2. The van der Waals surface area contributed by atoms with Crippen LogP contribution in [0.3, 0.4) is 0 Å². The Morgan fingerprint density at radius 3 is 1.36 bits per heavy atom. The van der Waals surface area contributed by atoms with Gasteiger partial charge in [-0.3, -0.25) is 9.59 Å². The number of Topliss-reactive ketones (excluding diaryl/α,β-unsaturated/α-hetero) is 2. The number of hydrogen-bond donors (Lipinski definition) is 0. The molecule has 10 nitrogen and oxygen atoms in total. The number of ketones is 2. The highest BCUT2D eigenvalue weighted by molar-refractivity contribution is 6.74. The molecule has 0 radical (unpaired) electrons. The number of nitrogens with zero attached hydrogens (tertiary/aromatic N) is 2. The summed E-state index contributed by atoms with van der Waals surface area (Å²) in [7, 11) is -2.23. The molecule has 0 fully saturated rings. The topological polar surface area (TPSA) is 112 Å². The van der Waals surface area contributed by atoms with Gasteiger partial charge in [-0.05, 0) is 83.4 Å². The first-order valence-corrected chi connectivity index (χ1v) is 23.5. The van der Waals surface area contributed by atoms with Crippen LogP contribution in [0.4, 0.5) is 9.59 Å². The standard InChI is InChI=1S/C22H37NO4Si.C16H33NO4Si/c1-21(2,3)27-20(25)23(16-18-12-10-9-11-13-18)15-14-19(24)17-26-28(7,8)22(4,5)6;1-15(2,3)21-14(19)17(7)11-10-13(18)12-20-22(8,9)16(4,5)6/h9-13H,14-17H2,1-8H3;10-12H2,1-9H3. The molecule has 0 atom stereocenters. The maximum atomic E-state index is 12.6. The molecule has 0 unspecified atom stereocenters. The van der Waals surface area contributed by atoms with Gasteiger partial charge in [-0.1, -0.05) is 71.9 Å². The summed E-state index contributed by atoms with van der Waals surface area (Å²) in [5.74, 6) is 0.0201. The van der Waals surface area contributed by atoms with E-state index in [9.17, 15) is 19.2 Å². The molecule has 288 valence electrons. The highest BCUT2D eigenvalue weighted by Crippen LogP contribution is 2.37. The van der Waals surface area contributed by atoms with Crippen molar-refractivity contribution in [2.75, 3.05) is 33.4 Å². The zero-order valence-corrected chi connectivity index (χ0v) is 36.5. The predicted octanol–water partition coefficient (Wildman–Crippen LogP) is 9.24. The molecule has 0 N–H and O–H groups in total. The normalized spacial score (nSPS) is 12.7. The summed E-state index contributed by atoms with van der Waals surface area (Å²) in [6.45, 7) is 33.6. The van der Waals surface area contributed by atoms with Crippen molar-refractivity contribution < 1.29 is 37.5 Å². The average Bonchev–Trinajstić information content (AvgIpc) is 2.93. The summed E-state index contributed by atoms with van der Waals surface area (Å²) in [6, 6.07) is 9.71. The number of carbonyl (C=O) groups excluding carboxylic acids is 4. The minimum atomic E-state index is -1.96. The van der Waals surface area contributed by atoms with Crippen LogP contribution in [0.5, 0.6) is 0 Å². The summed E-state index contributed by atoms with van der Waals surface area (Å²) < 4.78 is 22.6. The van der Waals surface area contributed by atoms with Crippen molar-refractivity contribution in [2.45, 2.75) is 150 Å². The molecule has 0 aliphatic heterocycles. The molecule has 1 rings (SSSR count). The third kappa shape index (κ3) is 19.7. The minimum Gasteiger partial charge on any atom is -0.444 e. The Kier molecular flexibility index (Phi) is 18.4. The molecule has 12 heteroatoms. The van der Waals surface area contributed by atoms with Crippen LogP contribution in [0.25, 0.3) is 0 Å². The molecule has 0 saturated heterocycles. The second-order valence-electron chi connectivity index (χ2n) is 18.0. The fraction of sp³-hybridized carbons (Fsp3) is 0.737. The van der Waals surface area contributed by atoms with Gasteiger partial charge in [0.25, 0.3) is 0 Å². The summed E-state index contributed by atoms with van der Waals surface area (Å²) >= 11 is 0. The quantitative estimate of drug-likeness (QED) is 0.174. The summed E-state index contributed by atoms with van der Waals surface area (Å²) in [6.07, 6.45) is -0.287. The number of carbonyl (C=O) groups is 4. The molecule has 0 saturated carbocycles. The summed E-state index contributed by atoms with van der Waals surface area (Å²) in [5, 5.41) is 0.143. The lowest BCUT2D eigenvalue weighted by Gasteiger charge is -2.36. The summed E-state index contributed by atoms with van der Waals surface area (Å²) in [4.78, 5) is 51.7. The van der Waals surface area contributed by atoms with Crippen molar-refractivity contribution in [3.05, 3.63) is 35.9 Å². The van der Waals surface area contributed by atoms with Crippen molar-refractivity contribution in [2.24, 2.45) is 0 Å². The monoisotopic (exact) mass is 738 g/mol. The maximum absolute atomic E-state index is 12.6. The molecule has 0 bridgehead atoms. The van der Waals surface area contributed by atoms with Gasteiger partial charge in [0.2, 0.25) is 0 Å². The molecule has 1 aromatic rings. The van der Waals surface area contributed by atoms with E-state index in [1.165, 1.54) is 4.90 Å². The molecule has 0 aliphatic rings. The summed E-state index contributed by atoms with van der Waals surface area (Å²) in [5.41, 5.74) is -0.110. The molecular weight excluding hydrogens is 669 g/mol. The van der Waals surface area contributed by atoms with Crippen molar-refractivity contribution >= 4 is 40.4 Å². The van der Waals surface area contributed by atoms with Crippen molar-refractivity contribution in [1.82, 2.24) is 9.80 Å². The van der Waals surface area contributed by atoms with Crippen LogP contribution in [0, 0.1) is 0 Å². The average molecular weight is 739 g/mol. The second-order valence-corrected chi connectivity index (χ2v) is 27.6. The van der Waals surface area contributed by atoms with Crippen LogP contribution in [-0.4, -0.2) is 94.7 Å². The van der Waals surface area contributed by atoms with Gasteiger partial charge in [0.15, 0.2) is 28.2 Å². The van der Waals surface area contributed by atoms with E-state index in [1.807, 2.05) is 71.9 Å². The van der Waals surface area contributed by atoms with Crippen LogP contribution < -0.4 is 0 Å². The Morgan fingerprint density at radius 2 is 0.980 bits per heavy atom. The molecule has 50 heavy (non-hydrogen) atoms. The Hall–Kier alpha value is -2.55. The lowest BCUT2D eigenvalue weighted by atomic mass is 10.2. The third-order valence-electron chi connectivity index (χ3n) is 8.76. The largest absolute Gasteiger partial charge is 0.444 e. The zero-order chi connectivity index (χ0) is 39.4. The Morgan fingerprint density at radius 1 is 0.600 bits per heavy atom. The zero-order valence-electron chi connectivity index (χ0n) is 34.5. The van der Waals surface area contributed by atoms with E-state index in [2.05, 4.69) is 67.7 Å². The van der Waals surface area contributed by atoms with Crippen LogP contribution in [-0.2, 0) is 34.5 Å². The van der Waals surface area contributed by atoms with Crippen LogP contribution >= 0.6 is 0 Å². The molecule has 0 aliphatic carbocycles. The Labute approximate surface area is 306 Å². The van der Waals surface area contributed by atoms with E-state index in [0.29, 0.717) is 19.6 Å². The van der Waals surface area contributed by atoms with Gasteiger partial charge in [-0.15, -0.1) is 0 Å². The van der Waals surface area contributed by atoms with E-state index in [-0.39, 0.29) is 47.7 Å². The molecular formula is C38H70N2O8Si2. The predicted molar refractivity (Wildman–Crippen MR) is 207 cm³/mol. The van der Waals surface area contributed by atoms with E-state index in [4.69, 9.17) is 18.3 Å². The van der Waals surface area contributed by atoms with Gasteiger partial charge in [-0.25, -0.2) is 9.59 Å². The first-order valence-electron chi connectivity index (χ1n) is 17.6. The number of rotatable bonds is 14. The van der Waals surface area contributed by atoms with E-state index in [0.717, 1.165) is 5.56 Å². The van der Waals surface area contributed by atoms with E-state index >= 15 is 0 Å². The maximum Gasteiger partial charge on any atom is 0.410 e. The highest BCUT2D eigenvalue weighted by atomic mass is 28.4. The Balaban J connectivity index is 0.000000991. The second kappa shape index (κ2) is 19.3. The van der Waals surface area contributed by atoms with E-state index < -0.39 is 40.0 Å². The number of benzene rings is 1. The number of ether oxygens (including phenoxy) is 2. The van der Waals surface area contributed by atoms with E-state index in [1.54, 1.807) is 11.9 Å². The van der Waals surface area contributed by atoms with Gasteiger partial charge in [-0.2, -0.15) is 0 Å². The molecule has 2 amide bonds. The SMILES string of the molecule is CC(C)(C)OC(=O)N(CCC(=O)CO[Si](C)(C)C(C)(C)C)Cc1ccccc1.CN(CCC(=O)CO[Si](C)(C)C(C)(C)C)C(=O)OC(C)(C)C. The first kappa shape index (κ1) is 47.5. The highest BCUT2D eigenvalue weighted by Gasteiger charge is 2.38. The lowest BCUT2D eigenvalue weighted by molar-refractivity contribution is -0.122. The smallest absolute Gasteiger partial charge is 0.410 e. The molecule has 0 aromatic heterocycles. The van der Waals surface area contributed by atoms with Gasteiger partial charge >= 0.3 is 12.2 Å².